The molecule has 0 aliphatic carbocycles. The molecule has 0 aliphatic heterocycles. The normalized spacial score (nSPS) is 11.8. The smallest absolute Gasteiger partial charge is 0.547 e. The Hall–Kier alpha value is 1.04. The van der Waals surface area contributed by atoms with Gasteiger partial charge >= 0.3 is 51.4 Å². The SMILES string of the molecule is CCCCCC(F)C(=O)[O-].[K+]. The van der Waals surface area contributed by atoms with Crippen LogP contribution in [-0.2, 0) is 4.79 Å². The van der Waals surface area contributed by atoms with E-state index in [1.165, 1.54) is 0 Å². The third-order valence-electron chi connectivity index (χ3n) is 1.32. The number of carbonyl (C=O) groups is 1. The van der Waals surface area contributed by atoms with Gasteiger partial charge in [0, 0.05) is 0 Å². The van der Waals surface area contributed by atoms with Gasteiger partial charge in [-0.05, 0) is 6.42 Å². The van der Waals surface area contributed by atoms with Crippen LogP contribution in [0.25, 0.3) is 0 Å². The van der Waals surface area contributed by atoms with Gasteiger partial charge in [0.2, 0.25) is 0 Å². The molecule has 0 aliphatic rings. The zero-order valence-electron chi connectivity index (χ0n) is 7.10. The van der Waals surface area contributed by atoms with Crippen molar-refractivity contribution in [3.63, 3.8) is 0 Å². The van der Waals surface area contributed by atoms with Gasteiger partial charge in [-0.3, -0.25) is 0 Å². The molecule has 4 heteroatoms. The molecule has 0 rings (SSSR count). The molecule has 0 bridgehead atoms. The molecule has 0 amide bonds. The van der Waals surface area contributed by atoms with Crippen LogP contribution in [0.3, 0.4) is 0 Å². The number of halogens is 1. The first-order chi connectivity index (χ1) is 4.68. The first-order valence-corrected chi connectivity index (χ1v) is 3.53. The van der Waals surface area contributed by atoms with Gasteiger partial charge in [-0.1, -0.05) is 26.2 Å². The molecule has 0 heterocycles. The number of carboxylic acids is 1. The second-order valence-electron chi connectivity index (χ2n) is 2.28. The molecule has 0 fully saturated rings. The van der Waals surface area contributed by atoms with Gasteiger partial charge < -0.3 is 9.90 Å². The van der Waals surface area contributed by atoms with Crippen LogP contribution in [0.5, 0.6) is 0 Å². The molecule has 0 spiro atoms. The maximum absolute atomic E-state index is 12.2. The Morgan fingerprint density at radius 1 is 1.55 bits per heavy atom. The Morgan fingerprint density at radius 2 is 2.09 bits per heavy atom. The van der Waals surface area contributed by atoms with Crippen LogP contribution < -0.4 is 56.5 Å². The van der Waals surface area contributed by atoms with Crippen LogP contribution >= 0.6 is 0 Å². The Kier molecular flexibility index (Phi) is 12.1. The minimum Gasteiger partial charge on any atom is -0.547 e. The van der Waals surface area contributed by atoms with E-state index in [1.54, 1.807) is 0 Å². The molecule has 0 saturated carbocycles. The zero-order valence-corrected chi connectivity index (χ0v) is 10.2. The Morgan fingerprint density at radius 3 is 2.45 bits per heavy atom. The molecule has 2 nitrogen and oxygen atoms in total. The summed E-state index contributed by atoms with van der Waals surface area (Å²) in [5.41, 5.74) is 0. The molecule has 0 saturated heterocycles. The summed E-state index contributed by atoms with van der Waals surface area (Å²) in [6.07, 6.45) is 0.807. The minimum atomic E-state index is -1.77. The van der Waals surface area contributed by atoms with E-state index in [4.69, 9.17) is 0 Å². The van der Waals surface area contributed by atoms with Crippen LogP contribution in [0.4, 0.5) is 4.39 Å². The Balaban J connectivity index is 0. The number of aliphatic carboxylic acids is 1. The number of unbranched alkanes of at least 4 members (excludes halogenated alkanes) is 2. The number of rotatable bonds is 5. The molecule has 0 aromatic heterocycles. The van der Waals surface area contributed by atoms with Gasteiger partial charge in [0.25, 0.3) is 0 Å². The van der Waals surface area contributed by atoms with E-state index in [1.807, 2.05) is 6.92 Å². The fourth-order valence-electron chi connectivity index (χ4n) is 0.691. The third kappa shape index (κ3) is 8.95. The molecule has 1 unspecified atom stereocenters. The summed E-state index contributed by atoms with van der Waals surface area (Å²) >= 11 is 0. The first-order valence-electron chi connectivity index (χ1n) is 3.53. The van der Waals surface area contributed by atoms with E-state index in [2.05, 4.69) is 0 Å². The van der Waals surface area contributed by atoms with Crippen molar-refractivity contribution in [1.82, 2.24) is 0 Å². The van der Waals surface area contributed by atoms with E-state index >= 15 is 0 Å². The van der Waals surface area contributed by atoms with Crippen molar-refractivity contribution in [2.45, 2.75) is 38.8 Å². The number of hydrogen-bond donors (Lipinski definition) is 0. The maximum Gasteiger partial charge on any atom is 1.00 e. The van der Waals surface area contributed by atoms with Crippen molar-refractivity contribution in [3.8, 4) is 0 Å². The van der Waals surface area contributed by atoms with Crippen LogP contribution in [-0.4, -0.2) is 12.1 Å². The van der Waals surface area contributed by atoms with E-state index in [-0.39, 0.29) is 57.8 Å². The summed E-state index contributed by atoms with van der Waals surface area (Å²) in [5, 5.41) is 9.81. The van der Waals surface area contributed by atoms with Crippen molar-refractivity contribution in [3.05, 3.63) is 0 Å². The monoisotopic (exact) mass is 186 g/mol. The molecule has 11 heavy (non-hydrogen) atoms. The second kappa shape index (κ2) is 9.13. The van der Waals surface area contributed by atoms with Crippen molar-refractivity contribution in [2.75, 3.05) is 0 Å². The second-order valence-corrected chi connectivity index (χ2v) is 2.28. The molecular formula is C7H12FKO2. The van der Waals surface area contributed by atoms with Crippen LogP contribution in [0.15, 0.2) is 0 Å². The molecule has 0 aromatic rings. The molecule has 0 aromatic carbocycles. The number of carbonyl (C=O) groups excluding carboxylic acids is 1. The van der Waals surface area contributed by atoms with Gasteiger partial charge in [0.1, 0.15) is 6.17 Å². The first kappa shape index (κ1) is 14.6. The van der Waals surface area contributed by atoms with Crippen molar-refractivity contribution < 1.29 is 65.7 Å². The summed E-state index contributed by atoms with van der Waals surface area (Å²) in [4.78, 5) is 9.81. The number of alkyl halides is 1. The molecule has 0 radical (unpaired) electrons. The maximum atomic E-state index is 12.2. The predicted molar refractivity (Wildman–Crippen MR) is 34.0 cm³/mol. The predicted octanol–water partition coefficient (Wildman–Crippen LogP) is -2.34. The summed E-state index contributed by atoms with van der Waals surface area (Å²) in [6.45, 7) is 1.98. The quantitative estimate of drug-likeness (QED) is 0.356. The summed E-state index contributed by atoms with van der Waals surface area (Å²) in [7, 11) is 0. The summed E-state index contributed by atoms with van der Waals surface area (Å²) in [6, 6.07) is 0. The Bertz CT molecular complexity index is 109. The van der Waals surface area contributed by atoms with Crippen molar-refractivity contribution in [2.24, 2.45) is 0 Å². The van der Waals surface area contributed by atoms with Gasteiger partial charge in [-0.25, -0.2) is 4.39 Å². The average Bonchev–Trinajstić information content (AvgIpc) is 1.88. The number of hydrogen-bond acceptors (Lipinski definition) is 2. The molecule has 60 valence electrons. The largest absolute Gasteiger partial charge is 1.00 e. The van der Waals surface area contributed by atoms with Gasteiger partial charge in [-0.15, -0.1) is 0 Å². The minimum absolute atomic E-state index is 0. The number of carboxylic acid groups (broad SMARTS) is 1. The fraction of sp³-hybridized carbons (Fsp3) is 0.857. The van der Waals surface area contributed by atoms with Crippen LogP contribution in [0.1, 0.15) is 32.6 Å². The van der Waals surface area contributed by atoms with Crippen LogP contribution in [0.2, 0.25) is 0 Å². The molecular weight excluding hydrogens is 174 g/mol. The fourth-order valence-corrected chi connectivity index (χ4v) is 0.691. The van der Waals surface area contributed by atoms with E-state index in [0.717, 1.165) is 12.8 Å². The van der Waals surface area contributed by atoms with E-state index in [9.17, 15) is 14.3 Å². The third-order valence-corrected chi connectivity index (χ3v) is 1.32. The van der Waals surface area contributed by atoms with E-state index in [0.29, 0.717) is 6.42 Å². The van der Waals surface area contributed by atoms with Gasteiger partial charge in [0.15, 0.2) is 0 Å². The van der Waals surface area contributed by atoms with E-state index < -0.39 is 12.1 Å². The van der Waals surface area contributed by atoms with Gasteiger partial charge in [0.05, 0.1) is 5.97 Å². The average molecular weight is 186 g/mol. The summed E-state index contributed by atoms with van der Waals surface area (Å²) < 4.78 is 12.2. The van der Waals surface area contributed by atoms with Gasteiger partial charge in [-0.2, -0.15) is 0 Å². The standard InChI is InChI=1S/C7H13FO2.K/c1-2-3-4-5-6(8)7(9)10;/h6H,2-5H2,1H3,(H,9,10);/q;+1/p-1. The Labute approximate surface area is 109 Å². The zero-order chi connectivity index (χ0) is 7.98. The molecule has 1 atom stereocenters. The van der Waals surface area contributed by atoms with Crippen molar-refractivity contribution >= 4 is 5.97 Å². The molecule has 0 N–H and O–H groups in total. The topological polar surface area (TPSA) is 40.1 Å². The van der Waals surface area contributed by atoms with Crippen molar-refractivity contribution in [1.29, 1.82) is 0 Å². The summed E-state index contributed by atoms with van der Waals surface area (Å²) in [5.74, 6) is -1.59. The van der Waals surface area contributed by atoms with Crippen LogP contribution in [0, 0.1) is 0 Å².